The number of H-pyrrole nitrogens is 1. The van der Waals surface area contributed by atoms with Gasteiger partial charge in [0.05, 0.1) is 11.4 Å². The van der Waals surface area contributed by atoms with Gasteiger partial charge in [0.15, 0.2) is 0 Å². The first kappa shape index (κ1) is 22.0. The molecule has 3 aromatic rings. The lowest BCUT2D eigenvalue weighted by molar-refractivity contribution is 0.0168. The van der Waals surface area contributed by atoms with Gasteiger partial charge in [0.25, 0.3) is 0 Å². The Bertz CT molecular complexity index is 1080. The van der Waals surface area contributed by atoms with Crippen LogP contribution in [0.2, 0.25) is 0 Å². The number of pyridine rings is 1. The molecule has 7 heteroatoms. The number of imidazole rings is 1. The van der Waals surface area contributed by atoms with Gasteiger partial charge < -0.3 is 14.6 Å². The van der Waals surface area contributed by atoms with Crippen LogP contribution in [0.4, 0.5) is 9.18 Å². The van der Waals surface area contributed by atoms with Gasteiger partial charge in [-0.3, -0.25) is 4.98 Å². The predicted molar refractivity (Wildman–Crippen MR) is 122 cm³/mol. The lowest BCUT2D eigenvalue weighted by Crippen LogP contribution is -2.46. The zero-order valence-electron chi connectivity index (χ0n) is 19.0. The van der Waals surface area contributed by atoms with Crippen molar-refractivity contribution in [1.82, 2.24) is 19.9 Å². The van der Waals surface area contributed by atoms with E-state index in [0.29, 0.717) is 13.1 Å². The third-order valence-electron chi connectivity index (χ3n) is 5.88. The minimum absolute atomic E-state index is 0.224. The molecule has 32 heavy (non-hydrogen) atoms. The first-order valence-electron chi connectivity index (χ1n) is 10.9. The van der Waals surface area contributed by atoms with Gasteiger partial charge in [-0.05, 0) is 70.0 Å². The Hall–Kier alpha value is -3.22. The van der Waals surface area contributed by atoms with Crippen LogP contribution in [0.25, 0.3) is 22.5 Å². The second kappa shape index (κ2) is 8.37. The molecule has 1 aromatic carbocycles. The molecule has 1 saturated heterocycles. The van der Waals surface area contributed by atoms with E-state index in [1.807, 2.05) is 32.9 Å². The number of ether oxygens (including phenoxy) is 1. The fourth-order valence-electron chi connectivity index (χ4n) is 3.95. The number of benzene rings is 1. The SMILES string of the molecule is CC(C)(C)OC(=O)N1CCC(C)(c2nc(-c3ccc(F)cc3)c(-c3ccncc3)[nH]2)CC1. The summed E-state index contributed by atoms with van der Waals surface area (Å²) in [6, 6.07) is 10.2. The van der Waals surface area contributed by atoms with Crippen molar-refractivity contribution in [3.05, 3.63) is 60.4 Å². The summed E-state index contributed by atoms with van der Waals surface area (Å²) in [6.07, 6.45) is 4.73. The predicted octanol–water partition coefficient (Wildman–Crippen LogP) is 5.57. The molecule has 0 spiro atoms. The Morgan fingerprint density at radius 3 is 2.28 bits per heavy atom. The number of aromatic nitrogens is 3. The van der Waals surface area contributed by atoms with Crippen molar-refractivity contribution in [3.8, 4) is 22.5 Å². The molecule has 1 fully saturated rings. The molecule has 3 heterocycles. The molecule has 168 valence electrons. The fourth-order valence-corrected chi connectivity index (χ4v) is 3.95. The molecule has 1 aliphatic rings. The Labute approximate surface area is 187 Å². The van der Waals surface area contributed by atoms with Crippen molar-refractivity contribution in [2.24, 2.45) is 0 Å². The topological polar surface area (TPSA) is 71.1 Å². The minimum Gasteiger partial charge on any atom is -0.444 e. The highest BCUT2D eigenvalue weighted by Gasteiger charge is 2.37. The summed E-state index contributed by atoms with van der Waals surface area (Å²) >= 11 is 0. The van der Waals surface area contributed by atoms with E-state index in [1.165, 1.54) is 12.1 Å². The molecule has 0 radical (unpaired) electrons. The Balaban J connectivity index is 1.63. The molecule has 1 aliphatic heterocycles. The van der Waals surface area contributed by atoms with Gasteiger partial charge >= 0.3 is 6.09 Å². The average molecular weight is 437 g/mol. The van der Waals surface area contributed by atoms with Gasteiger partial charge in [-0.15, -0.1) is 0 Å². The number of amides is 1. The zero-order chi connectivity index (χ0) is 22.9. The third-order valence-corrected chi connectivity index (χ3v) is 5.88. The van der Waals surface area contributed by atoms with Crippen molar-refractivity contribution >= 4 is 6.09 Å². The molecule has 0 saturated carbocycles. The normalized spacial score (nSPS) is 16.1. The fraction of sp³-hybridized carbons (Fsp3) is 0.400. The van der Waals surface area contributed by atoms with Crippen LogP contribution in [0.1, 0.15) is 46.4 Å². The number of piperidine rings is 1. The summed E-state index contributed by atoms with van der Waals surface area (Å²) in [6.45, 7) is 8.99. The molecule has 4 rings (SSSR count). The van der Waals surface area contributed by atoms with Gasteiger partial charge in [0, 0.05) is 42.0 Å². The van der Waals surface area contributed by atoms with Gasteiger partial charge in [0.2, 0.25) is 0 Å². The first-order valence-corrected chi connectivity index (χ1v) is 10.9. The lowest BCUT2D eigenvalue weighted by Gasteiger charge is -2.38. The van der Waals surface area contributed by atoms with Gasteiger partial charge in [-0.1, -0.05) is 6.92 Å². The maximum atomic E-state index is 13.5. The smallest absolute Gasteiger partial charge is 0.410 e. The maximum Gasteiger partial charge on any atom is 0.410 e. The monoisotopic (exact) mass is 436 g/mol. The standard InChI is InChI=1S/C25H29FN4O2/c1-24(2,3)32-23(31)30-15-11-25(4,12-16-30)22-28-20(17-5-7-19(26)8-6-17)21(29-22)18-9-13-27-14-10-18/h5-10,13-14H,11-12,15-16H2,1-4H3,(H,28,29). The summed E-state index contributed by atoms with van der Waals surface area (Å²) in [7, 11) is 0. The molecule has 0 unspecified atom stereocenters. The van der Waals surface area contributed by atoms with E-state index in [9.17, 15) is 9.18 Å². The zero-order valence-corrected chi connectivity index (χ0v) is 19.0. The number of likely N-dealkylation sites (tertiary alicyclic amines) is 1. The molecular formula is C25H29FN4O2. The Kier molecular flexibility index (Phi) is 5.75. The van der Waals surface area contributed by atoms with Crippen molar-refractivity contribution < 1.29 is 13.9 Å². The Morgan fingerprint density at radius 1 is 1.06 bits per heavy atom. The molecule has 0 aliphatic carbocycles. The maximum absolute atomic E-state index is 13.5. The number of rotatable bonds is 3. The molecule has 1 N–H and O–H groups in total. The van der Waals surface area contributed by atoms with Gasteiger partial charge in [-0.25, -0.2) is 14.2 Å². The third kappa shape index (κ3) is 4.66. The Morgan fingerprint density at radius 2 is 1.69 bits per heavy atom. The molecule has 1 amide bonds. The van der Waals surface area contributed by atoms with Crippen LogP contribution in [0.5, 0.6) is 0 Å². The summed E-state index contributed by atoms with van der Waals surface area (Å²) in [4.78, 5) is 26.9. The van der Waals surface area contributed by atoms with E-state index in [4.69, 9.17) is 9.72 Å². The summed E-state index contributed by atoms with van der Waals surface area (Å²) in [5.74, 6) is 0.587. The minimum atomic E-state index is -0.512. The number of aromatic amines is 1. The molecule has 6 nitrogen and oxygen atoms in total. The highest BCUT2D eigenvalue weighted by atomic mass is 19.1. The lowest BCUT2D eigenvalue weighted by atomic mass is 9.80. The highest BCUT2D eigenvalue weighted by molar-refractivity contribution is 5.78. The second-order valence-electron chi connectivity index (χ2n) is 9.58. The number of hydrogen-bond donors (Lipinski definition) is 1. The number of nitrogens with zero attached hydrogens (tertiary/aromatic N) is 3. The molecule has 2 aromatic heterocycles. The van der Waals surface area contributed by atoms with Crippen molar-refractivity contribution in [1.29, 1.82) is 0 Å². The van der Waals surface area contributed by atoms with Crippen LogP contribution < -0.4 is 0 Å². The van der Waals surface area contributed by atoms with E-state index >= 15 is 0 Å². The average Bonchev–Trinajstić information content (AvgIpc) is 3.20. The van der Waals surface area contributed by atoms with Crippen LogP contribution in [-0.4, -0.2) is 44.6 Å². The van der Waals surface area contributed by atoms with Gasteiger partial charge in [0.1, 0.15) is 17.2 Å². The van der Waals surface area contributed by atoms with E-state index in [1.54, 1.807) is 29.4 Å². The number of hydrogen-bond acceptors (Lipinski definition) is 4. The van der Waals surface area contributed by atoms with E-state index in [2.05, 4.69) is 16.9 Å². The van der Waals surface area contributed by atoms with Gasteiger partial charge in [-0.2, -0.15) is 0 Å². The number of nitrogens with one attached hydrogen (secondary N) is 1. The summed E-state index contributed by atoms with van der Waals surface area (Å²) in [5, 5.41) is 0. The number of carbonyl (C=O) groups is 1. The van der Waals surface area contributed by atoms with Crippen LogP contribution in [0.3, 0.4) is 0 Å². The van der Waals surface area contributed by atoms with Crippen LogP contribution >= 0.6 is 0 Å². The molecule has 0 atom stereocenters. The largest absolute Gasteiger partial charge is 0.444 e. The quantitative estimate of drug-likeness (QED) is 0.583. The van der Waals surface area contributed by atoms with Crippen LogP contribution in [0.15, 0.2) is 48.8 Å². The number of halogens is 1. The van der Waals surface area contributed by atoms with E-state index in [0.717, 1.165) is 41.2 Å². The second-order valence-corrected chi connectivity index (χ2v) is 9.58. The van der Waals surface area contributed by atoms with Crippen molar-refractivity contribution in [2.75, 3.05) is 13.1 Å². The summed E-state index contributed by atoms with van der Waals surface area (Å²) in [5.41, 5.74) is 2.73. The first-order chi connectivity index (χ1) is 15.1. The van der Waals surface area contributed by atoms with Crippen molar-refractivity contribution in [2.45, 2.75) is 51.6 Å². The van der Waals surface area contributed by atoms with Crippen LogP contribution in [0, 0.1) is 5.82 Å². The van der Waals surface area contributed by atoms with Crippen LogP contribution in [-0.2, 0) is 10.2 Å². The van der Waals surface area contributed by atoms with E-state index in [-0.39, 0.29) is 17.3 Å². The summed E-state index contributed by atoms with van der Waals surface area (Å²) < 4.78 is 19.0. The highest BCUT2D eigenvalue weighted by Crippen LogP contribution is 2.38. The van der Waals surface area contributed by atoms with Crippen molar-refractivity contribution in [3.63, 3.8) is 0 Å². The number of carbonyl (C=O) groups excluding carboxylic acids is 1. The van der Waals surface area contributed by atoms with E-state index < -0.39 is 5.60 Å². The molecular weight excluding hydrogens is 407 g/mol. The molecule has 0 bridgehead atoms.